The second-order valence-corrected chi connectivity index (χ2v) is 8.47. The number of nitrogen functional groups attached to an aromatic ring is 1. The van der Waals surface area contributed by atoms with E-state index in [1.807, 2.05) is 40.7 Å². The van der Waals surface area contributed by atoms with Gasteiger partial charge in [-0.15, -0.1) is 0 Å². The number of hydrogen-bond donors (Lipinski definition) is 2. The molecule has 8 heteroatoms. The Morgan fingerprint density at radius 1 is 1.25 bits per heavy atom. The molecule has 2 aromatic heterocycles. The van der Waals surface area contributed by atoms with Gasteiger partial charge in [0.25, 0.3) is 0 Å². The zero-order valence-electron chi connectivity index (χ0n) is 17.4. The summed E-state index contributed by atoms with van der Waals surface area (Å²) >= 11 is 0. The standard InChI is InChI=1S/C20H30N6O2/c1-12-10-13(2)22-17-15(12)16(21)24-18(25-17)23-14-8-6-7-9-26(11-14)19(27)28-20(3,4)5/h10,14H,6-9,11H2,1-5H3,(H3,21,22,23,24,25). The van der Waals surface area contributed by atoms with Crippen LogP contribution in [-0.2, 0) is 4.74 Å². The third-order valence-corrected chi connectivity index (χ3v) is 4.68. The van der Waals surface area contributed by atoms with Crippen LogP contribution >= 0.6 is 0 Å². The maximum absolute atomic E-state index is 12.5. The molecular weight excluding hydrogens is 356 g/mol. The number of carbonyl (C=O) groups excluding carboxylic acids is 1. The van der Waals surface area contributed by atoms with E-state index in [1.54, 1.807) is 4.90 Å². The number of ether oxygens (including phenoxy) is 1. The smallest absolute Gasteiger partial charge is 0.410 e. The first kappa shape index (κ1) is 20.1. The molecule has 2 aromatic rings. The summed E-state index contributed by atoms with van der Waals surface area (Å²) in [5, 5.41) is 4.13. The summed E-state index contributed by atoms with van der Waals surface area (Å²) in [6.45, 7) is 10.8. The van der Waals surface area contributed by atoms with Crippen LogP contribution in [0.2, 0.25) is 0 Å². The van der Waals surface area contributed by atoms with Gasteiger partial charge < -0.3 is 20.7 Å². The number of aryl methyl sites for hydroxylation is 2. The summed E-state index contributed by atoms with van der Waals surface area (Å²) in [4.78, 5) is 27.7. The molecule has 8 nitrogen and oxygen atoms in total. The average molecular weight is 387 g/mol. The van der Waals surface area contributed by atoms with Crippen LogP contribution in [0, 0.1) is 13.8 Å². The summed E-state index contributed by atoms with van der Waals surface area (Å²) in [5.74, 6) is 0.855. The van der Waals surface area contributed by atoms with Crippen LogP contribution < -0.4 is 11.1 Å². The molecule has 3 heterocycles. The highest BCUT2D eigenvalue weighted by atomic mass is 16.6. The van der Waals surface area contributed by atoms with Gasteiger partial charge in [-0.05, 0) is 65.5 Å². The van der Waals surface area contributed by atoms with E-state index in [0.29, 0.717) is 30.5 Å². The molecule has 0 spiro atoms. The molecule has 1 saturated heterocycles. The van der Waals surface area contributed by atoms with Crippen LogP contribution in [0.15, 0.2) is 6.07 Å². The highest BCUT2D eigenvalue weighted by Crippen LogP contribution is 2.24. The fourth-order valence-corrected chi connectivity index (χ4v) is 3.51. The van der Waals surface area contributed by atoms with Crippen LogP contribution in [0.1, 0.15) is 51.3 Å². The highest BCUT2D eigenvalue weighted by molar-refractivity contribution is 5.89. The minimum absolute atomic E-state index is 0.0257. The van der Waals surface area contributed by atoms with Crippen LogP contribution in [0.4, 0.5) is 16.6 Å². The van der Waals surface area contributed by atoms with Crippen molar-refractivity contribution in [3.63, 3.8) is 0 Å². The summed E-state index contributed by atoms with van der Waals surface area (Å²) in [6, 6.07) is 2.00. The van der Waals surface area contributed by atoms with Gasteiger partial charge in [-0.1, -0.05) is 0 Å². The molecule has 0 bridgehead atoms. The fourth-order valence-electron chi connectivity index (χ4n) is 3.51. The Bertz CT molecular complexity index is 877. The van der Waals surface area contributed by atoms with Crippen molar-refractivity contribution in [1.82, 2.24) is 19.9 Å². The van der Waals surface area contributed by atoms with Gasteiger partial charge >= 0.3 is 6.09 Å². The lowest BCUT2D eigenvalue weighted by atomic mass is 10.1. The van der Waals surface area contributed by atoms with Crippen molar-refractivity contribution in [2.24, 2.45) is 0 Å². The number of hydrogen-bond acceptors (Lipinski definition) is 7. The molecular formula is C20H30N6O2. The number of aromatic nitrogens is 3. The lowest BCUT2D eigenvalue weighted by Crippen LogP contribution is -2.42. The van der Waals surface area contributed by atoms with E-state index in [2.05, 4.69) is 20.3 Å². The molecule has 0 aliphatic carbocycles. The monoisotopic (exact) mass is 386 g/mol. The second kappa shape index (κ2) is 7.77. The second-order valence-electron chi connectivity index (χ2n) is 8.47. The van der Waals surface area contributed by atoms with Gasteiger partial charge in [0, 0.05) is 24.8 Å². The van der Waals surface area contributed by atoms with Crippen molar-refractivity contribution >= 4 is 28.9 Å². The molecule has 1 aliphatic heterocycles. The van der Waals surface area contributed by atoms with E-state index < -0.39 is 5.60 Å². The van der Waals surface area contributed by atoms with Crippen molar-refractivity contribution < 1.29 is 9.53 Å². The van der Waals surface area contributed by atoms with Crippen molar-refractivity contribution in [2.75, 3.05) is 24.1 Å². The number of anilines is 2. The molecule has 0 saturated carbocycles. The molecule has 0 aromatic carbocycles. The molecule has 1 fully saturated rings. The Morgan fingerprint density at radius 2 is 2.00 bits per heavy atom. The largest absolute Gasteiger partial charge is 0.444 e. The molecule has 1 aliphatic rings. The first-order chi connectivity index (χ1) is 13.1. The van der Waals surface area contributed by atoms with Gasteiger partial charge in [-0.2, -0.15) is 9.97 Å². The topological polar surface area (TPSA) is 106 Å². The van der Waals surface area contributed by atoms with Gasteiger partial charge in [0.05, 0.1) is 5.39 Å². The van der Waals surface area contributed by atoms with E-state index in [1.165, 1.54) is 0 Å². The highest BCUT2D eigenvalue weighted by Gasteiger charge is 2.27. The summed E-state index contributed by atoms with van der Waals surface area (Å²) in [5.41, 5.74) is 8.15. The van der Waals surface area contributed by atoms with Crippen LogP contribution in [0.3, 0.4) is 0 Å². The zero-order chi connectivity index (χ0) is 20.5. The Balaban J connectivity index is 1.79. The number of fused-ring (bicyclic) bond motifs is 1. The van der Waals surface area contributed by atoms with Gasteiger partial charge in [0.2, 0.25) is 5.95 Å². The van der Waals surface area contributed by atoms with E-state index >= 15 is 0 Å². The number of likely N-dealkylation sites (tertiary alicyclic amines) is 1. The van der Waals surface area contributed by atoms with E-state index in [0.717, 1.165) is 35.9 Å². The van der Waals surface area contributed by atoms with Crippen molar-refractivity contribution in [3.8, 4) is 0 Å². The number of carbonyl (C=O) groups is 1. The lowest BCUT2D eigenvalue weighted by Gasteiger charge is -2.28. The third-order valence-electron chi connectivity index (χ3n) is 4.68. The van der Waals surface area contributed by atoms with Gasteiger partial charge in [0.1, 0.15) is 11.4 Å². The minimum Gasteiger partial charge on any atom is -0.444 e. The summed E-state index contributed by atoms with van der Waals surface area (Å²) < 4.78 is 5.53. The maximum Gasteiger partial charge on any atom is 0.410 e. The van der Waals surface area contributed by atoms with E-state index in [9.17, 15) is 4.79 Å². The molecule has 1 unspecified atom stereocenters. The minimum atomic E-state index is -0.510. The van der Waals surface area contributed by atoms with Crippen LogP contribution in [0.5, 0.6) is 0 Å². The lowest BCUT2D eigenvalue weighted by molar-refractivity contribution is 0.0252. The zero-order valence-corrected chi connectivity index (χ0v) is 17.4. The number of nitrogens with one attached hydrogen (secondary N) is 1. The Kier molecular flexibility index (Phi) is 5.58. The van der Waals surface area contributed by atoms with Crippen molar-refractivity contribution in [2.45, 2.75) is 65.5 Å². The first-order valence-electron chi connectivity index (χ1n) is 9.78. The van der Waals surface area contributed by atoms with Crippen molar-refractivity contribution in [1.29, 1.82) is 0 Å². The quantitative estimate of drug-likeness (QED) is 0.814. The SMILES string of the molecule is Cc1cc(C)c2c(N)nc(NC3CCCCN(C(=O)OC(C)(C)C)C3)nc2n1. The number of pyridine rings is 1. The number of rotatable bonds is 2. The van der Waals surface area contributed by atoms with Gasteiger partial charge in [0.15, 0.2) is 5.65 Å². The predicted molar refractivity (Wildman–Crippen MR) is 110 cm³/mol. The average Bonchev–Trinajstić information content (AvgIpc) is 2.77. The Morgan fingerprint density at radius 3 is 2.71 bits per heavy atom. The molecule has 3 N–H and O–H groups in total. The van der Waals surface area contributed by atoms with Crippen LogP contribution in [-0.4, -0.2) is 50.7 Å². The van der Waals surface area contributed by atoms with E-state index in [4.69, 9.17) is 10.5 Å². The first-order valence-corrected chi connectivity index (χ1v) is 9.78. The molecule has 3 rings (SSSR count). The maximum atomic E-state index is 12.5. The number of nitrogens with zero attached hydrogens (tertiary/aromatic N) is 4. The number of amides is 1. The number of nitrogens with two attached hydrogens (primary N) is 1. The molecule has 1 amide bonds. The molecule has 28 heavy (non-hydrogen) atoms. The summed E-state index contributed by atoms with van der Waals surface area (Å²) in [6.07, 6.45) is 2.59. The fraction of sp³-hybridized carbons (Fsp3) is 0.600. The van der Waals surface area contributed by atoms with Crippen molar-refractivity contribution in [3.05, 3.63) is 17.3 Å². The predicted octanol–water partition coefficient (Wildman–Crippen LogP) is 3.43. The Labute approximate surface area is 165 Å². The van der Waals surface area contributed by atoms with Crippen LogP contribution in [0.25, 0.3) is 11.0 Å². The molecule has 0 radical (unpaired) electrons. The molecule has 152 valence electrons. The molecule has 1 atom stereocenters. The van der Waals surface area contributed by atoms with Gasteiger partial charge in [-0.3, -0.25) is 0 Å². The third kappa shape index (κ3) is 4.79. The van der Waals surface area contributed by atoms with Gasteiger partial charge in [-0.25, -0.2) is 9.78 Å². The van der Waals surface area contributed by atoms with E-state index in [-0.39, 0.29) is 12.1 Å². The Hall–Kier alpha value is -2.64. The summed E-state index contributed by atoms with van der Waals surface area (Å²) in [7, 11) is 0. The normalized spacial score (nSPS) is 18.0.